The highest BCUT2D eigenvalue weighted by molar-refractivity contribution is 7.10. The molecular weight excluding hydrogens is 374 g/mol. The smallest absolute Gasteiger partial charge is 0.306 e. The highest BCUT2D eigenvalue weighted by Crippen LogP contribution is 2.39. The number of ether oxygens (including phenoxy) is 2. The first kappa shape index (κ1) is 20.7. The van der Waals surface area contributed by atoms with Gasteiger partial charge in [-0.05, 0) is 81.4 Å². The van der Waals surface area contributed by atoms with Gasteiger partial charge in [0.2, 0.25) is 0 Å². The van der Waals surface area contributed by atoms with Crippen LogP contribution < -0.4 is 9.47 Å². The molecule has 0 amide bonds. The number of thiophene rings is 1. The second kappa shape index (κ2) is 9.43. The molecular formula is C22H29NO4S. The average Bonchev–Trinajstić information content (AvgIpc) is 3.10. The Morgan fingerprint density at radius 1 is 1.18 bits per heavy atom. The first-order valence-corrected chi connectivity index (χ1v) is 10.8. The maximum Gasteiger partial charge on any atom is 0.306 e. The Kier molecular flexibility index (Phi) is 6.97. The fraction of sp³-hybridized carbons (Fsp3) is 0.500. The molecule has 6 heteroatoms. The fourth-order valence-corrected chi connectivity index (χ4v) is 4.85. The molecule has 0 aliphatic carbocycles. The van der Waals surface area contributed by atoms with Crippen molar-refractivity contribution < 1.29 is 19.4 Å². The van der Waals surface area contributed by atoms with Gasteiger partial charge < -0.3 is 14.6 Å². The zero-order valence-electron chi connectivity index (χ0n) is 16.8. The van der Waals surface area contributed by atoms with E-state index in [0.717, 1.165) is 30.2 Å². The van der Waals surface area contributed by atoms with Crippen LogP contribution in [0.2, 0.25) is 0 Å². The van der Waals surface area contributed by atoms with E-state index >= 15 is 0 Å². The molecule has 1 aromatic carbocycles. The number of carboxylic acid groups (broad SMARTS) is 1. The van der Waals surface area contributed by atoms with E-state index in [4.69, 9.17) is 9.47 Å². The van der Waals surface area contributed by atoms with E-state index in [1.807, 2.05) is 19.9 Å². The number of aryl methyl sites for hydroxylation is 1. The topological polar surface area (TPSA) is 59.0 Å². The van der Waals surface area contributed by atoms with E-state index < -0.39 is 5.97 Å². The summed E-state index contributed by atoms with van der Waals surface area (Å²) in [5.74, 6) is 0.614. The summed E-state index contributed by atoms with van der Waals surface area (Å²) in [5.41, 5.74) is 2.41. The molecule has 1 atom stereocenters. The summed E-state index contributed by atoms with van der Waals surface area (Å²) in [5, 5.41) is 11.5. The first-order chi connectivity index (χ1) is 13.5. The lowest BCUT2D eigenvalue weighted by molar-refractivity contribution is -0.143. The van der Waals surface area contributed by atoms with Gasteiger partial charge in [-0.2, -0.15) is 0 Å². The SMILES string of the molecule is CCOc1ccc(C(c2cc(C)cs2)N2CCC(C(=O)O)CC2)cc1OCC. The minimum Gasteiger partial charge on any atom is -0.490 e. The predicted molar refractivity (Wildman–Crippen MR) is 112 cm³/mol. The van der Waals surface area contributed by atoms with E-state index in [2.05, 4.69) is 35.4 Å². The fourth-order valence-electron chi connectivity index (χ4n) is 3.79. The van der Waals surface area contributed by atoms with Crippen LogP contribution >= 0.6 is 11.3 Å². The van der Waals surface area contributed by atoms with E-state index in [1.165, 1.54) is 10.4 Å². The third-order valence-electron chi connectivity index (χ3n) is 5.15. The van der Waals surface area contributed by atoms with Crippen LogP contribution in [0, 0.1) is 12.8 Å². The summed E-state index contributed by atoms with van der Waals surface area (Å²) >= 11 is 1.76. The van der Waals surface area contributed by atoms with Crippen molar-refractivity contribution >= 4 is 17.3 Å². The Morgan fingerprint density at radius 3 is 2.43 bits per heavy atom. The third-order valence-corrected chi connectivity index (χ3v) is 6.25. The zero-order valence-corrected chi connectivity index (χ0v) is 17.6. The van der Waals surface area contributed by atoms with Gasteiger partial charge in [0.15, 0.2) is 11.5 Å². The monoisotopic (exact) mass is 403 g/mol. The lowest BCUT2D eigenvalue weighted by Gasteiger charge is -2.36. The van der Waals surface area contributed by atoms with Crippen LogP contribution in [0.15, 0.2) is 29.6 Å². The van der Waals surface area contributed by atoms with Gasteiger partial charge in [-0.15, -0.1) is 11.3 Å². The van der Waals surface area contributed by atoms with Gasteiger partial charge in [0.25, 0.3) is 0 Å². The number of rotatable bonds is 8. The number of hydrogen-bond acceptors (Lipinski definition) is 5. The number of hydrogen-bond donors (Lipinski definition) is 1. The van der Waals surface area contributed by atoms with Crippen molar-refractivity contribution in [1.82, 2.24) is 4.90 Å². The summed E-state index contributed by atoms with van der Waals surface area (Å²) < 4.78 is 11.6. The molecule has 0 bridgehead atoms. The lowest BCUT2D eigenvalue weighted by atomic mass is 9.93. The van der Waals surface area contributed by atoms with E-state index in [-0.39, 0.29) is 12.0 Å². The van der Waals surface area contributed by atoms with Crippen LogP contribution in [-0.4, -0.2) is 42.3 Å². The maximum atomic E-state index is 11.3. The number of benzene rings is 1. The Labute approximate surface area is 170 Å². The van der Waals surface area contributed by atoms with Crippen molar-refractivity contribution in [1.29, 1.82) is 0 Å². The van der Waals surface area contributed by atoms with Crippen molar-refractivity contribution in [2.75, 3.05) is 26.3 Å². The molecule has 0 radical (unpaired) electrons. The van der Waals surface area contributed by atoms with Crippen molar-refractivity contribution in [2.45, 2.75) is 39.7 Å². The molecule has 1 fully saturated rings. The van der Waals surface area contributed by atoms with Gasteiger partial charge in [0.05, 0.1) is 25.2 Å². The Hall–Kier alpha value is -2.05. The van der Waals surface area contributed by atoms with Crippen molar-refractivity contribution in [3.05, 3.63) is 45.6 Å². The van der Waals surface area contributed by atoms with Crippen LogP contribution in [0.4, 0.5) is 0 Å². The standard InChI is InChI=1S/C22H29NO4S/c1-4-26-18-7-6-17(13-19(18)27-5-2)21(20-12-15(3)14-28-20)23-10-8-16(9-11-23)22(24)25/h6-7,12-14,16,21H,4-5,8-11H2,1-3H3,(H,24,25). The molecule has 3 rings (SSSR count). The number of nitrogens with zero attached hydrogens (tertiary/aromatic N) is 1. The quantitative estimate of drug-likeness (QED) is 0.690. The first-order valence-electron chi connectivity index (χ1n) is 9.94. The average molecular weight is 404 g/mol. The molecule has 1 aliphatic heterocycles. The van der Waals surface area contributed by atoms with Gasteiger partial charge >= 0.3 is 5.97 Å². The summed E-state index contributed by atoms with van der Waals surface area (Å²) in [6.45, 7) is 8.77. The van der Waals surface area contributed by atoms with Crippen molar-refractivity contribution in [3.8, 4) is 11.5 Å². The van der Waals surface area contributed by atoms with E-state index in [1.54, 1.807) is 11.3 Å². The molecule has 1 aromatic heterocycles. The van der Waals surface area contributed by atoms with Crippen LogP contribution in [-0.2, 0) is 4.79 Å². The highest BCUT2D eigenvalue weighted by atomic mass is 32.1. The Morgan fingerprint density at radius 2 is 1.86 bits per heavy atom. The molecule has 1 N–H and O–H groups in total. The molecule has 0 spiro atoms. The normalized spacial score (nSPS) is 16.7. The van der Waals surface area contributed by atoms with Crippen molar-refractivity contribution in [2.24, 2.45) is 5.92 Å². The minimum absolute atomic E-state index is 0.100. The van der Waals surface area contributed by atoms with E-state index in [9.17, 15) is 9.90 Å². The molecule has 28 heavy (non-hydrogen) atoms. The molecule has 1 aliphatic rings. The van der Waals surface area contributed by atoms with Gasteiger partial charge in [-0.25, -0.2) is 0 Å². The van der Waals surface area contributed by atoms with E-state index in [0.29, 0.717) is 26.1 Å². The number of piperidine rings is 1. The second-order valence-electron chi connectivity index (χ2n) is 7.15. The Bertz CT molecular complexity index is 796. The van der Waals surface area contributed by atoms with Crippen LogP contribution in [0.3, 0.4) is 0 Å². The van der Waals surface area contributed by atoms with Crippen LogP contribution in [0.1, 0.15) is 48.7 Å². The molecule has 5 nitrogen and oxygen atoms in total. The van der Waals surface area contributed by atoms with Gasteiger partial charge in [0.1, 0.15) is 0 Å². The molecule has 1 saturated heterocycles. The van der Waals surface area contributed by atoms with Crippen LogP contribution in [0.5, 0.6) is 11.5 Å². The zero-order chi connectivity index (χ0) is 20.1. The number of carbonyl (C=O) groups is 1. The molecule has 152 valence electrons. The van der Waals surface area contributed by atoms with Gasteiger partial charge in [-0.3, -0.25) is 9.69 Å². The van der Waals surface area contributed by atoms with Gasteiger partial charge in [0, 0.05) is 4.88 Å². The third kappa shape index (κ3) is 4.67. The summed E-state index contributed by atoms with van der Waals surface area (Å²) in [6, 6.07) is 8.51. The molecule has 2 aromatic rings. The summed E-state index contributed by atoms with van der Waals surface area (Å²) in [7, 11) is 0. The maximum absolute atomic E-state index is 11.3. The largest absolute Gasteiger partial charge is 0.490 e. The number of likely N-dealkylation sites (tertiary alicyclic amines) is 1. The second-order valence-corrected chi connectivity index (χ2v) is 8.09. The molecule has 0 saturated carbocycles. The summed E-state index contributed by atoms with van der Waals surface area (Å²) in [6.07, 6.45) is 1.37. The van der Waals surface area contributed by atoms with Gasteiger partial charge in [-0.1, -0.05) is 6.07 Å². The Balaban J connectivity index is 1.93. The minimum atomic E-state index is -0.678. The number of carboxylic acids is 1. The lowest BCUT2D eigenvalue weighted by Crippen LogP contribution is -2.39. The van der Waals surface area contributed by atoms with Crippen molar-refractivity contribution in [3.63, 3.8) is 0 Å². The molecule has 2 heterocycles. The number of aliphatic carboxylic acids is 1. The summed E-state index contributed by atoms with van der Waals surface area (Å²) in [4.78, 5) is 15.0. The highest BCUT2D eigenvalue weighted by Gasteiger charge is 2.31. The van der Waals surface area contributed by atoms with Crippen LogP contribution in [0.25, 0.3) is 0 Å². The molecule has 1 unspecified atom stereocenters. The predicted octanol–water partition coefficient (Wildman–Crippen LogP) is 4.74.